The summed E-state index contributed by atoms with van der Waals surface area (Å²) in [6, 6.07) is 7.11. The fourth-order valence-electron chi connectivity index (χ4n) is 1.87. The number of hydrogen-bond donors (Lipinski definition) is 2. The molecule has 120 valence electrons. The van der Waals surface area contributed by atoms with Gasteiger partial charge in [-0.2, -0.15) is 4.98 Å². The largest absolute Gasteiger partial charge is 0.485 e. The van der Waals surface area contributed by atoms with Crippen LogP contribution in [0.4, 0.5) is 5.69 Å². The van der Waals surface area contributed by atoms with Crippen LogP contribution in [0, 0.1) is 0 Å². The molecule has 1 aromatic carbocycles. The van der Waals surface area contributed by atoms with Crippen LogP contribution in [0.25, 0.3) is 0 Å². The van der Waals surface area contributed by atoms with Crippen LogP contribution in [0.1, 0.15) is 36.3 Å². The molecule has 0 atom stereocenters. The molecule has 0 unspecified atom stereocenters. The maximum absolute atomic E-state index is 11.7. The van der Waals surface area contributed by atoms with Crippen molar-refractivity contribution in [2.75, 3.05) is 5.32 Å². The molecule has 2 amide bonds. The Morgan fingerprint density at radius 2 is 2.04 bits per heavy atom. The van der Waals surface area contributed by atoms with Gasteiger partial charge in [0.25, 0.3) is 0 Å². The summed E-state index contributed by atoms with van der Waals surface area (Å²) in [5.74, 6) is 0.328. The topological polar surface area (TPSA) is 106 Å². The summed E-state index contributed by atoms with van der Waals surface area (Å²) in [6.07, 6.45) is 1.98. The number of amides is 2. The van der Waals surface area contributed by atoms with Gasteiger partial charge in [0.15, 0.2) is 6.61 Å². The third-order valence-electron chi connectivity index (χ3n) is 3.12. The zero-order valence-electron chi connectivity index (χ0n) is 12.5. The van der Waals surface area contributed by atoms with Gasteiger partial charge in [-0.3, -0.25) is 9.59 Å². The number of nitrogens with one attached hydrogen (secondary N) is 2. The molecule has 0 saturated heterocycles. The van der Waals surface area contributed by atoms with E-state index in [4.69, 9.17) is 9.26 Å². The van der Waals surface area contributed by atoms with Crippen LogP contribution < -0.4 is 15.4 Å². The van der Waals surface area contributed by atoms with E-state index in [2.05, 4.69) is 20.8 Å². The molecular formula is C15H16N4O4. The predicted octanol–water partition coefficient (Wildman–Crippen LogP) is 1.50. The number of anilines is 1. The highest BCUT2D eigenvalue weighted by atomic mass is 16.5. The molecule has 1 saturated carbocycles. The van der Waals surface area contributed by atoms with Gasteiger partial charge in [-0.1, -0.05) is 5.16 Å². The Bertz CT molecular complexity index is 707. The van der Waals surface area contributed by atoms with Crippen molar-refractivity contribution in [3.63, 3.8) is 0 Å². The Kier molecular flexibility index (Phi) is 4.22. The quantitative estimate of drug-likeness (QED) is 0.836. The summed E-state index contributed by atoms with van der Waals surface area (Å²) < 4.78 is 10.4. The van der Waals surface area contributed by atoms with Crippen LogP contribution in [0.2, 0.25) is 0 Å². The van der Waals surface area contributed by atoms with E-state index < -0.39 is 0 Å². The van der Waals surface area contributed by atoms with Crippen molar-refractivity contribution in [1.82, 2.24) is 15.5 Å². The van der Waals surface area contributed by atoms with E-state index >= 15 is 0 Å². The molecule has 0 spiro atoms. The van der Waals surface area contributed by atoms with Gasteiger partial charge in [0.1, 0.15) is 5.75 Å². The van der Waals surface area contributed by atoms with Gasteiger partial charge in [0, 0.05) is 18.7 Å². The van der Waals surface area contributed by atoms with Crippen LogP contribution in [0.15, 0.2) is 28.8 Å². The highest BCUT2D eigenvalue weighted by Crippen LogP contribution is 2.19. The fourth-order valence-corrected chi connectivity index (χ4v) is 1.87. The van der Waals surface area contributed by atoms with Crippen molar-refractivity contribution in [3.8, 4) is 5.75 Å². The Morgan fingerprint density at radius 3 is 2.70 bits per heavy atom. The van der Waals surface area contributed by atoms with Crippen molar-refractivity contribution in [2.45, 2.75) is 32.4 Å². The second kappa shape index (κ2) is 6.47. The molecule has 23 heavy (non-hydrogen) atoms. The number of hydrogen-bond acceptors (Lipinski definition) is 6. The molecule has 0 aliphatic heterocycles. The summed E-state index contributed by atoms with van der Waals surface area (Å²) >= 11 is 0. The van der Waals surface area contributed by atoms with E-state index in [1.807, 2.05) is 0 Å². The highest BCUT2D eigenvalue weighted by molar-refractivity contribution is 5.90. The number of carbonyl (C=O) groups is 2. The van der Waals surface area contributed by atoms with Crippen molar-refractivity contribution in [2.24, 2.45) is 0 Å². The average molecular weight is 316 g/mol. The molecule has 1 heterocycles. The van der Waals surface area contributed by atoms with E-state index in [1.165, 1.54) is 6.92 Å². The van der Waals surface area contributed by atoms with Crippen molar-refractivity contribution >= 4 is 17.5 Å². The minimum Gasteiger partial charge on any atom is -0.485 e. The van der Waals surface area contributed by atoms with E-state index in [0.29, 0.717) is 11.4 Å². The first-order valence-electron chi connectivity index (χ1n) is 7.24. The summed E-state index contributed by atoms with van der Waals surface area (Å²) in [5.41, 5.74) is 0.684. The number of ether oxygens (including phenoxy) is 1. The Labute approximate surface area is 132 Å². The van der Waals surface area contributed by atoms with E-state index in [-0.39, 0.29) is 36.2 Å². The van der Waals surface area contributed by atoms with Crippen LogP contribution in [0.3, 0.4) is 0 Å². The third kappa shape index (κ3) is 4.29. The van der Waals surface area contributed by atoms with E-state index in [9.17, 15) is 9.59 Å². The van der Waals surface area contributed by atoms with Crippen molar-refractivity contribution < 1.29 is 18.8 Å². The van der Waals surface area contributed by atoms with E-state index in [1.54, 1.807) is 24.3 Å². The first-order valence-corrected chi connectivity index (χ1v) is 7.24. The molecule has 8 heteroatoms. The molecule has 1 aliphatic carbocycles. The van der Waals surface area contributed by atoms with Crippen molar-refractivity contribution in [1.29, 1.82) is 0 Å². The number of aromatic nitrogens is 2. The van der Waals surface area contributed by atoms with Gasteiger partial charge in [0.2, 0.25) is 11.7 Å². The lowest BCUT2D eigenvalue weighted by Gasteiger charge is -2.05. The molecule has 3 rings (SSSR count). The van der Waals surface area contributed by atoms with Crippen LogP contribution in [-0.4, -0.2) is 28.0 Å². The molecule has 1 aliphatic rings. The van der Waals surface area contributed by atoms with Gasteiger partial charge in [-0.15, -0.1) is 0 Å². The minimum absolute atomic E-state index is 0.0588. The molecule has 1 aromatic heterocycles. The van der Waals surface area contributed by atoms with Gasteiger partial charge < -0.3 is 19.9 Å². The number of rotatable bonds is 6. The van der Waals surface area contributed by atoms with Crippen LogP contribution in [0.5, 0.6) is 5.75 Å². The molecular weight excluding hydrogens is 300 g/mol. The zero-order chi connectivity index (χ0) is 16.2. The number of carbonyl (C=O) groups excluding carboxylic acids is 2. The van der Waals surface area contributed by atoms with Gasteiger partial charge in [0.05, 0.1) is 0 Å². The Hall–Kier alpha value is -2.90. The second-order valence-corrected chi connectivity index (χ2v) is 5.26. The maximum atomic E-state index is 11.7. The summed E-state index contributed by atoms with van der Waals surface area (Å²) in [5, 5.41) is 9.14. The fraction of sp³-hybridized carbons (Fsp3) is 0.333. The standard InChI is InChI=1S/C15H16N4O4/c1-9(20)16-10-4-6-12(7-5-10)22-8-13-18-15(23-19-13)14(21)17-11-2-3-11/h4-7,11H,2-3,8H2,1H3,(H,16,20)(H,17,21). The lowest BCUT2D eigenvalue weighted by Crippen LogP contribution is -2.25. The second-order valence-electron chi connectivity index (χ2n) is 5.26. The third-order valence-corrected chi connectivity index (χ3v) is 3.12. The molecule has 2 N–H and O–H groups in total. The lowest BCUT2D eigenvalue weighted by molar-refractivity contribution is -0.114. The average Bonchev–Trinajstić information content (AvgIpc) is 3.20. The zero-order valence-corrected chi connectivity index (χ0v) is 12.5. The summed E-state index contributed by atoms with van der Waals surface area (Å²) in [7, 11) is 0. The maximum Gasteiger partial charge on any atom is 0.316 e. The molecule has 0 radical (unpaired) electrons. The Morgan fingerprint density at radius 1 is 1.30 bits per heavy atom. The minimum atomic E-state index is -0.356. The molecule has 1 fully saturated rings. The highest BCUT2D eigenvalue weighted by Gasteiger charge is 2.26. The number of benzene rings is 1. The summed E-state index contributed by atoms with van der Waals surface area (Å²) in [4.78, 5) is 26.7. The summed E-state index contributed by atoms with van der Waals surface area (Å²) in [6.45, 7) is 1.53. The smallest absolute Gasteiger partial charge is 0.316 e. The number of nitrogens with zero attached hydrogens (tertiary/aromatic N) is 2. The molecule has 2 aromatic rings. The predicted molar refractivity (Wildman–Crippen MR) is 79.9 cm³/mol. The lowest BCUT2D eigenvalue weighted by atomic mass is 10.3. The van der Waals surface area contributed by atoms with E-state index in [0.717, 1.165) is 12.8 Å². The van der Waals surface area contributed by atoms with Gasteiger partial charge in [-0.25, -0.2) is 0 Å². The van der Waals surface area contributed by atoms with Gasteiger partial charge >= 0.3 is 11.8 Å². The normalized spacial score (nSPS) is 13.4. The van der Waals surface area contributed by atoms with Crippen LogP contribution in [-0.2, 0) is 11.4 Å². The SMILES string of the molecule is CC(=O)Nc1ccc(OCc2noc(C(=O)NC3CC3)n2)cc1. The van der Waals surface area contributed by atoms with Crippen LogP contribution >= 0.6 is 0 Å². The Balaban J connectivity index is 1.52. The van der Waals surface area contributed by atoms with Gasteiger partial charge in [-0.05, 0) is 37.1 Å². The molecule has 8 nitrogen and oxygen atoms in total. The monoisotopic (exact) mass is 316 g/mol. The molecule has 0 bridgehead atoms. The first-order chi connectivity index (χ1) is 11.1. The van der Waals surface area contributed by atoms with Crippen molar-refractivity contribution in [3.05, 3.63) is 36.0 Å². The first kappa shape index (κ1) is 15.0.